The van der Waals surface area contributed by atoms with Crippen LogP contribution in [0.4, 0.5) is 5.69 Å². The fourth-order valence-electron chi connectivity index (χ4n) is 3.98. The highest BCUT2D eigenvalue weighted by Crippen LogP contribution is 2.31. The van der Waals surface area contributed by atoms with Gasteiger partial charge in [0.1, 0.15) is 11.4 Å². The molecule has 0 atom stereocenters. The van der Waals surface area contributed by atoms with Gasteiger partial charge in [-0.1, -0.05) is 29.8 Å². The Morgan fingerprint density at radius 1 is 0.938 bits per heavy atom. The number of hydrogen-bond donors (Lipinski definition) is 1. The zero-order valence-electron chi connectivity index (χ0n) is 18.6. The molecule has 2 aromatic rings. The number of hydrogen-bond acceptors (Lipinski definition) is 6. The zero-order chi connectivity index (χ0) is 22.5. The van der Waals surface area contributed by atoms with Crippen LogP contribution in [0.1, 0.15) is 17.5 Å². The Labute approximate surface area is 188 Å². The summed E-state index contributed by atoms with van der Waals surface area (Å²) in [4.78, 5) is 30.3. The van der Waals surface area contributed by atoms with Gasteiger partial charge in [-0.25, -0.2) is 0 Å². The highest BCUT2D eigenvalue weighted by atomic mass is 16.5. The number of rotatable bonds is 8. The third-order valence-corrected chi connectivity index (χ3v) is 5.83. The number of benzene rings is 2. The Bertz CT molecular complexity index is 993. The van der Waals surface area contributed by atoms with Gasteiger partial charge < -0.3 is 14.8 Å². The van der Waals surface area contributed by atoms with Gasteiger partial charge >= 0.3 is 0 Å². The van der Waals surface area contributed by atoms with E-state index < -0.39 is 0 Å². The van der Waals surface area contributed by atoms with E-state index in [0.29, 0.717) is 29.1 Å². The number of amides is 2. The number of imide groups is 1. The molecule has 7 nitrogen and oxygen atoms in total. The minimum atomic E-state index is -0.289. The molecule has 2 heterocycles. The summed E-state index contributed by atoms with van der Waals surface area (Å²) in [7, 11) is 1.60. The predicted molar refractivity (Wildman–Crippen MR) is 123 cm³/mol. The monoisotopic (exact) mass is 435 g/mol. The Kier molecular flexibility index (Phi) is 6.87. The largest absolute Gasteiger partial charge is 0.497 e. The van der Waals surface area contributed by atoms with Crippen molar-refractivity contribution in [1.82, 2.24) is 9.80 Å². The summed E-state index contributed by atoms with van der Waals surface area (Å²) in [5, 5.41) is 3.20. The van der Waals surface area contributed by atoms with Crippen LogP contribution in [0.3, 0.4) is 0 Å². The maximum Gasteiger partial charge on any atom is 0.278 e. The summed E-state index contributed by atoms with van der Waals surface area (Å²) in [6.07, 6.45) is 0.727. The lowest BCUT2D eigenvalue weighted by Gasteiger charge is -2.27. The molecule has 1 N–H and O–H groups in total. The molecular formula is C25H29N3O4. The van der Waals surface area contributed by atoms with Crippen molar-refractivity contribution in [2.24, 2.45) is 0 Å². The second-order valence-corrected chi connectivity index (χ2v) is 8.04. The summed E-state index contributed by atoms with van der Waals surface area (Å²) < 4.78 is 10.6. The molecule has 0 aliphatic carbocycles. The topological polar surface area (TPSA) is 71.1 Å². The third kappa shape index (κ3) is 4.84. The van der Waals surface area contributed by atoms with Crippen molar-refractivity contribution in [1.29, 1.82) is 0 Å². The van der Waals surface area contributed by atoms with Gasteiger partial charge in [0.25, 0.3) is 11.8 Å². The molecule has 1 saturated heterocycles. The number of nitrogens with zero attached hydrogens (tertiary/aromatic N) is 2. The van der Waals surface area contributed by atoms with Crippen LogP contribution in [0.2, 0.25) is 0 Å². The summed E-state index contributed by atoms with van der Waals surface area (Å²) >= 11 is 0. The lowest BCUT2D eigenvalue weighted by molar-refractivity contribution is -0.136. The van der Waals surface area contributed by atoms with E-state index in [1.54, 1.807) is 19.2 Å². The fourth-order valence-corrected chi connectivity index (χ4v) is 3.98. The molecule has 168 valence electrons. The van der Waals surface area contributed by atoms with Crippen LogP contribution in [-0.2, 0) is 14.3 Å². The number of morpholine rings is 1. The third-order valence-electron chi connectivity index (χ3n) is 5.83. The number of anilines is 1. The predicted octanol–water partition coefficient (Wildman–Crippen LogP) is 2.92. The quantitative estimate of drug-likeness (QED) is 0.643. The average molecular weight is 436 g/mol. The lowest BCUT2D eigenvalue weighted by Crippen LogP contribution is -2.39. The van der Waals surface area contributed by atoms with Crippen LogP contribution in [0, 0.1) is 6.92 Å². The molecule has 0 bridgehead atoms. The fraction of sp³-hybridized carbons (Fsp3) is 0.360. The summed E-state index contributed by atoms with van der Waals surface area (Å²) in [5.74, 6) is 0.140. The molecule has 0 aromatic heterocycles. The van der Waals surface area contributed by atoms with E-state index in [9.17, 15) is 9.59 Å². The number of carbonyl (C=O) groups excluding carboxylic acids is 2. The average Bonchev–Trinajstić information content (AvgIpc) is 3.05. The van der Waals surface area contributed by atoms with Crippen molar-refractivity contribution < 1.29 is 19.1 Å². The first-order valence-electron chi connectivity index (χ1n) is 11.0. The second kappa shape index (κ2) is 9.97. The van der Waals surface area contributed by atoms with Gasteiger partial charge in [-0.05, 0) is 43.2 Å². The molecule has 0 radical (unpaired) electrons. The highest BCUT2D eigenvalue weighted by molar-refractivity contribution is 6.36. The highest BCUT2D eigenvalue weighted by Gasteiger charge is 2.39. The number of nitrogens with one attached hydrogen (secondary N) is 1. The van der Waals surface area contributed by atoms with E-state index in [0.717, 1.165) is 50.5 Å². The first-order valence-corrected chi connectivity index (χ1v) is 11.0. The maximum absolute atomic E-state index is 13.4. The Hall–Kier alpha value is -3.16. The number of carbonyl (C=O) groups is 2. The van der Waals surface area contributed by atoms with E-state index in [-0.39, 0.29) is 11.8 Å². The Morgan fingerprint density at radius 3 is 2.28 bits per heavy atom. The molecule has 1 fully saturated rings. The first kappa shape index (κ1) is 22.0. The van der Waals surface area contributed by atoms with Crippen LogP contribution < -0.4 is 10.1 Å². The number of ether oxygens (including phenoxy) is 2. The van der Waals surface area contributed by atoms with Crippen LogP contribution >= 0.6 is 0 Å². The van der Waals surface area contributed by atoms with E-state index in [2.05, 4.69) is 10.2 Å². The molecule has 2 amide bonds. The van der Waals surface area contributed by atoms with Gasteiger partial charge in [-0.3, -0.25) is 19.4 Å². The first-order chi connectivity index (χ1) is 15.6. The van der Waals surface area contributed by atoms with Gasteiger partial charge in [0.05, 0.1) is 25.9 Å². The molecule has 2 aliphatic heterocycles. The van der Waals surface area contributed by atoms with Gasteiger partial charge in [0, 0.05) is 31.9 Å². The molecule has 4 rings (SSSR count). The van der Waals surface area contributed by atoms with Crippen molar-refractivity contribution in [2.75, 3.05) is 51.8 Å². The lowest BCUT2D eigenvalue weighted by atomic mass is 10.0. The van der Waals surface area contributed by atoms with E-state index >= 15 is 0 Å². The minimum Gasteiger partial charge on any atom is -0.497 e. The van der Waals surface area contributed by atoms with Crippen molar-refractivity contribution >= 4 is 23.1 Å². The summed E-state index contributed by atoms with van der Waals surface area (Å²) in [6.45, 7) is 6.46. The van der Waals surface area contributed by atoms with Crippen LogP contribution in [-0.4, -0.2) is 68.1 Å². The zero-order valence-corrected chi connectivity index (χ0v) is 18.6. The number of methoxy groups -OCH3 is 1. The van der Waals surface area contributed by atoms with Crippen LogP contribution in [0.5, 0.6) is 5.75 Å². The van der Waals surface area contributed by atoms with Crippen molar-refractivity contribution in [3.63, 3.8) is 0 Å². The molecule has 0 spiro atoms. The molecule has 7 heteroatoms. The maximum atomic E-state index is 13.4. The molecule has 2 aliphatic rings. The van der Waals surface area contributed by atoms with Crippen LogP contribution in [0.25, 0.3) is 5.57 Å². The van der Waals surface area contributed by atoms with Gasteiger partial charge in [-0.15, -0.1) is 0 Å². The van der Waals surface area contributed by atoms with Gasteiger partial charge in [0.2, 0.25) is 0 Å². The number of aryl methyl sites for hydroxylation is 1. The second-order valence-electron chi connectivity index (χ2n) is 8.04. The Morgan fingerprint density at radius 2 is 1.62 bits per heavy atom. The minimum absolute atomic E-state index is 0.267. The molecule has 0 unspecified atom stereocenters. The Balaban J connectivity index is 1.56. The van der Waals surface area contributed by atoms with Gasteiger partial charge in [-0.2, -0.15) is 0 Å². The van der Waals surface area contributed by atoms with E-state index in [1.165, 1.54) is 4.90 Å². The van der Waals surface area contributed by atoms with Gasteiger partial charge in [0.15, 0.2) is 0 Å². The molecular weight excluding hydrogens is 406 g/mol. The SMILES string of the molecule is COc1ccc(C2=C(Nc3ccc(C)cc3)C(=O)N(CCCN3CCOCC3)C2=O)cc1. The summed E-state index contributed by atoms with van der Waals surface area (Å²) in [6, 6.07) is 15.0. The van der Waals surface area contributed by atoms with Crippen molar-refractivity contribution in [3.8, 4) is 5.75 Å². The normalized spacial score (nSPS) is 17.2. The van der Waals surface area contributed by atoms with Crippen LogP contribution in [0.15, 0.2) is 54.2 Å². The van der Waals surface area contributed by atoms with E-state index in [1.807, 2.05) is 43.3 Å². The van der Waals surface area contributed by atoms with Crippen molar-refractivity contribution in [3.05, 3.63) is 65.4 Å². The molecule has 2 aromatic carbocycles. The van der Waals surface area contributed by atoms with Crippen molar-refractivity contribution in [2.45, 2.75) is 13.3 Å². The summed E-state index contributed by atoms with van der Waals surface area (Å²) in [5.41, 5.74) is 3.29. The molecule has 0 saturated carbocycles. The molecule has 32 heavy (non-hydrogen) atoms. The van der Waals surface area contributed by atoms with E-state index in [4.69, 9.17) is 9.47 Å². The standard InChI is InChI=1S/C25H29N3O4/c1-18-4-8-20(9-5-18)26-23-22(19-6-10-21(31-2)11-7-19)24(29)28(25(23)30)13-3-12-27-14-16-32-17-15-27/h4-11,26H,3,12-17H2,1-2H3. The smallest absolute Gasteiger partial charge is 0.278 e.